The number of aromatic nitrogens is 1. The van der Waals surface area contributed by atoms with E-state index in [4.69, 9.17) is 5.11 Å². The van der Waals surface area contributed by atoms with Gasteiger partial charge in [0.25, 0.3) is 0 Å². The summed E-state index contributed by atoms with van der Waals surface area (Å²) in [4.78, 5) is 14.8. The molecule has 1 aromatic rings. The van der Waals surface area contributed by atoms with E-state index in [-0.39, 0.29) is 5.92 Å². The monoisotopic (exact) mass is 203 g/mol. The predicted octanol–water partition coefficient (Wildman–Crippen LogP) is 2.14. The Bertz CT molecular complexity index is 398. The van der Waals surface area contributed by atoms with E-state index in [1.807, 2.05) is 6.07 Å². The third-order valence-corrected chi connectivity index (χ3v) is 2.71. The van der Waals surface area contributed by atoms with Crippen molar-refractivity contribution < 1.29 is 9.90 Å². The maximum Gasteiger partial charge on any atom is 0.327 e. The second-order valence-electron chi connectivity index (χ2n) is 3.74. The van der Waals surface area contributed by atoms with Crippen LogP contribution in [0.3, 0.4) is 0 Å². The number of fused-ring (bicyclic) bond motifs is 1. The SMILES string of the molecule is O=C(O)C=CC1CCCc2cccnc21. The normalized spacial score (nSPS) is 20.1. The van der Waals surface area contributed by atoms with E-state index in [9.17, 15) is 4.79 Å². The minimum Gasteiger partial charge on any atom is -0.478 e. The Balaban J connectivity index is 2.26. The van der Waals surface area contributed by atoms with E-state index in [2.05, 4.69) is 11.1 Å². The maximum absolute atomic E-state index is 10.4. The standard InChI is InChI=1S/C12H13NO2/c14-11(15)7-6-10-4-1-3-9-5-2-8-13-12(9)10/h2,5-8,10H,1,3-4H2,(H,14,15). The summed E-state index contributed by atoms with van der Waals surface area (Å²) in [5.41, 5.74) is 2.30. The lowest BCUT2D eigenvalue weighted by atomic mass is 9.86. The Labute approximate surface area is 88.5 Å². The van der Waals surface area contributed by atoms with Gasteiger partial charge in [-0.05, 0) is 30.9 Å². The fraction of sp³-hybridized carbons (Fsp3) is 0.333. The van der Waals surface area contributed by atoms with Gasteiger partial charge >= 0.3 is 5.97 Å². The number of carboxylic acid groups (broad SMARTS) is 1. The molecule has 0 radical (unpaired) electrons. The number of nitrogens with zero attached hydrogens (tertiary/aromatic N) is 1. The number of carbonyl (C=O) groups is 1. The third kappa shape index (κ3) is 2.24. The summed E-state index contributed by atoms with van der Waals surface area (Å²) >= 11 is 0. The Kier molecular flexibility index (Phi) is 2.81. The Morgan fingerprint density at radius 2 is 2.47 bits per heavy atom. The second-order valence-corrected chi connectivity index (χ2v) is 3.74. The van der Waals surface area contributed by atoms with Crippen LogP contribution in [0.4, 0.5) is 0 Å². The molecule has 78 valence electrons. The fourth-order valence-corrected chi connectivity index (χ4v) is 2.03. The summed E-state index contributed by atoms with van der Waals surface area (Å²) in [5.74, 6) is -0.718. The van der Waals surface area contributed by atoms with Crippen LogP contribution in [0.1, 0.15) is 30.0 Å². The zero-order chi connectivity index (χ0) is 10.7. The van der Waals surface area contributed by atoms with E-state index in [0.717, 1.165) is 25.0 Å². The van der Waals surface area contributed by atoms with Gasteiger partial charge in [0, 0.05) is 18.2 Å². The summed E-state index contributed by atoms with van der Waals surface area (Å²) in [6, 6.07) is 4.01. The molecule has 1 unspecified atom stereocenters. The van der Waals surface area contributed by atoms with Gasteiger partial charge in [0.05, 0.1) is 5.69 Å². The number of aliphatic carboxylic acids is 1. The number of carboxylic acids is 1. The summed E-state index contributed by atoms with van der Waals surface area (Å²) in [5, 5.41) is 8.58. The number of hydrogen-bond acceptors (Lipinski definition) is 2. The van der Waals surface area contributed by atoms with Crippen molar-refractivity contribution in [1.29, 1.82) is 0 Å². The molecule has 1 aromatic heterocycles. The molecular formula is C12H13NO2. The summed E-state index contributed by atoms with van der Waals surface area (Å²) in [6.45, 7) is 0. The zero-order valence-electron chi connectivity index (χ0n) is 8.39. The fourth-order valence-electron chi connectivity index (χ4n) is 2.03. The lowest BCUT2D eigenvalue weighted by molar-refractivity contribution is -0.131. The van der Waals surface area contributed by atoms with E-state index in [0.29, 0.717) is 0 Å². The molecule has 0 aromatic carbocycles. The van der Waals surface area contributed by atoms with Crippen LogP contribution in [0.25, 0.3) is 0 Å². The minimum absolute atomic E-state index is 0.172. The quantitative estimate of drug-likeness (QED) is 0.749. The highest BCUT2D eigenvalue weighted by Gasteiger charge is 2.18. The van der Waals surface area contributed by atoms with Crippen LogP contribution >= 0.6 is 0 Å². The number of rotatable bonds is 2. The van der Waals surface area contributed by atoms with Gasteiger partial charge in [0.2, 0.25) is 0 Å². The van der Waals surface area contributed by atoms with Crippen molar-refractivity contribution in [2.24, 2.45) is 0 Å². The molecular weight excluding hydrogens is 190 g/mol. The van der Waals surface area contributed by atoms with Crippen LogP contribution in [0.2, 0.25) is 0 Å². The highest BCUT2D eigenvalue weighted by molar-refractivity contribution is 5.79. The van der Waals surface area contributed by atoms with Gasteiger partial charge in [0.15, 0.2) is 0 Å². The van der Waals surface area contributed by atoms with Crippen LogP contribution in [0.5, 0.6) is 0 Å². The Morgan fingerprint density at radius 1 is 1.60 bits per heavy atom. The molecule has 0 amide bonds. The van der Waals surface area contributed by atoms with Crippen molar-refractivity contribution in [3.8, 4) is 0 Å². The first-order valence-electron chi connectivity index (χ1n) is 5.12. The number of allylic oxidation sites excluding steroid dienone is 1. The second kappa shape index (κ2) is 4.26. The molecule has 1 aliphatic carbocycles. The molecule has 0 aliphatic heterocycles. The van der Waals surface area contributed by atoms with Gasteiger partial charge in [-0.15, -0.1) is 0 Å². The van der Waals surface area contributed by atoms with Gasteiger partial charge in [0.1, 0.15) is 0 Å². The Hall–Kier alpha value is -1.64. The molecule has 1 heterocycles. The van der Waals surface area contributed by atoms with Crippen molar-refractivity contribution >= 4 is 5.97 Å². The highest BCUT2D eigenvalue weighted by atomic mass is 16.4. The van der Waals surface area contributed by atoms with Crippen LogP contribution in [0, 0.1) is 0 Å². The zero-order valence-corrected chi connectivity index (χ0v) is 8.39. The van der Waals surface area contributed by atoms with Crippen molar-refractivity contribution in [2.45, 2.75) is 25.2 Å². The predicted molar refractivity (Wildman–Crippen MR) is 56.7 cm³/mol. The average Bonchev–Trinajstić information content (AvgIpc) is 2.26. The number of hydrogen-bond donors (Lipinski definition) is 1. The molecule has 0 spiro atoms. The first kappa shape index (κ1) is 9.90. The van der Waals surface area contributed by atoms with E-state index >= 15 is 0 Å². The number of pyridine rings is 1. The molecule has 1 aliphatic rings. The average molecular weight is 203 g/mol. The third-order valence-electron chi connectivity index (χ3n) is 2.71. The largest absolute Gasteiger partial charge is 0.478 e. The van der Waals surface area contributed by atoms with Crippen molar-refractivity contribution in [3.05, 3.63) is 41.7 Å². The highest BCUT2D eigenvalue weighted by Crippen LogP contribution is 2.30. The van der Waals surface area contributed by atoms with Crippen molar-refractivity contribution in [2.75, 3.05) is 0 Å². The molecule has 0 bridgehead atoms. The van der Waals surface area contributed by atoms with E-state index in [1.54, 1.807) is 12.3 Å². The lowest BCUT2D eigenvalue weighted by Gasteiger charge is -2.21. The molecule has 3 heteroatoms. The van der Waals surface area contributed by atoms with Crippen LogP contribution < -0.4 is 0 Å². The van der Waals surface area contributed by atoms with Gasteiger partial charge in [-0.3, -0.25) is 4.98 Å². The summed E-state index contributed by atoms with van der Waals surface area (Å²) in [6.07, 6.45) is 7.88. The molecule has 1 atom stereocenters. The molecule has 0 fully saturated rings. The molecule has 0 saturated carbocycles. The van der Waals surface area contributed by atoms with Crippen molar-refractivity contribution in [1.82, 2.24) is 4.98 Å². The van der Waals surface area contributed by atoms with Gasteiger partial charge < -0.3 is 5.11 Å². The van der Waals surface area contributed by atoms with Crippen LogP contribution in [-0.4, -0.2) is 16.1 Å². The minimum atomic E-state index is -0.891. The first-order valence-corrected chi connectivity index (χ1v) is 5.12. The molecule has 2 rings (SSSR count). The van der Waals surface area contributed by atoms with E-state index in [1.165, 1.54) is 11.6 Å². The van der Waals surface area contributed by atoms with Crippen LogP contribution in [0.15, 0.2) is 30.5 Å². The lowest BCUT2D eigenvalue weighted by Crippen LogP contribution is -2.10. The maximum atomic E-state index is 10.4. The van der Waals surface area contributed by atoms with Crippen LogP contribution in [-0.2, 0) is 11.2 Å². The number of aryl methyl sites for hydroxylation is 1. The topological polar surface area (TPSA) is 50.2 Å². The smallest absolute Gasteiger partial charge is 0.327 e. The Morgan fingerprint density at radius 3 is 3.27 bits per heavy atom. The van der Waals surface area contributed by atoms with E-state index < -0.39 is 5.97 Å². The first-order chi connectivity index (χ1) is 7.27. The molecule has 1 N–H and O–H groups in total. The van der Waals surface area contributed by atoms with Gasteiger partial charge in [-0.25, -0.2) is 4.79 Å². The van der Waals surface area contributed by atoms with Gasteiger partial charge in [-0.2, -0.15) is 0 Å². The van der Waals surface area contributed by atoms with Gasteiger partial charge in [-0.1, -0.05) is 12.1 Å². The molecule has 0 saturated heterocycles. The van der Waals surface area contributed by atoms with Crippen molar-refractivity contribution in [3.63, 3.8) is 0 Å². The summed E-state index contributed by atoms with van der Waals surface area (Å²) < 4.78 is 0. The summed E-state index contributed by atoms with van der Waals surface area (Å²) in [7, 11) is 0. The molecule has 15 heavy (non-hydrogen) atoms. The molecule has 3 nitrogen and oxygen atoms in total.